The van der Waals surface area contributed by atoms with Crippen LogP contribution in [0, 0.1) is 0 Å². The third-order valence-electron chi connectivity index (χ3n) is 3.27. The van der Waals surface area contributed by atoms with Crippen molar-refractivity contribution >= 4 is 17.5 Å². The van der Waals surface area contributed by atoms with Crippen LogP contribution in [0.3, 0.4) is 0 Å². The predicted molar refractivity (Wildman–Crippen MR) is 93.9 cm³/mol. The lowest BCUT2D eigenvalue weighted by Crippen LogP contribution is -2.34. The first kappa shape index (κ1) is 17.3. The van der Waals surface area contributed by atoms with Crippen LogP contribution < -0.4 is 15.4 Å². The first-order valence-corrected chi connectivity index (χ1v) is 8.03. The zero-order valence-corrected chi connectivity index (χ0v) is 13.9. The minimum atomic E-state index is -0.161. The van der Waals surface area contributed by atoms with Crippen LogP contribution in [0.1, 0.15) is 6.92 Å². The molecule has 0 unspecified atom stereocenters. The Labute approximate surface area is 141 Å². The van der Waals surface area contributed by atoms with Gasteiger partial charge in [0.1, 0.15) is 5.75 Å². The number of benzene rings is 2. The third kappa shape index (κ3) is 5.58. The summed E-state index contributed by atoms with van der Waals surface area (Å²) in [6.45, 7) is 4.18. The maximum atomic E-state index is 11.7. The summed E-state index contributed by atoms with van der Waals surface area (Å²) in [6, 6.07) is 15.5. The van der Waals surface area contributed by atoms with Crippen molar-refractivity contribution in [3.63, 3.8) is 0 Å². The molecule has 2 aromatic rings. The molecule has 0 aromatic heterocycles. The lowest BCUT2D eigenvalue weighted by atomic mass is 10.1. The highest BCUT2D eigenvalue weighted by Gasteiger charge is 2.07. The summed E-state index contributed by atoms with van der Waals surface area (Å²) >= 11 is 6.24. The van der Waals surface area contributed by atoms with Gasteiger partial charge in [0, 0.05) is 13.1 Å². The van der Waals surface area contributed by atoms with E-state index in [1.54, 1.807) is 6.07 Å². The Balaban J connectivity index is 1.88. The molecule has 0 aliphatic carbocycles. The van der Waals surface area contributed by atoms with Crippen molar-refractivity contribution < 1.29 is 9.53 Å². The van der Waals surface area contributed by atoms with Crippen LogP contribution in [-0.4, -0.2) is 32.1 Å². The number of likely N-dealkylation sites (N-methyl/N-ethyl adjacent to an activating group) is 1. The summed E-state index contributed by atoms with van der Waals surface area (Å²) in [5.74, 6) is 0.347. The molecule has 0 saturated heterocycles. The van der Waals surface area contributed by atoms with E-state index in [-0.39, 0.29) is 12.5 Å². The normalized spacial score (nSPS) is 10.3. The molecule has 23 heavy (non-hydrogen) atoms. The Bertz CT molecular complexity index is 632. The van der Waals surface area contributed by atoms with Gasteiger partial charge in [-0.25, -0.2) is 0 Å². The lowest BCUT2D eigenvalue weighted by Gasteiger charge is -2.10. The Hall–Kier alpha value is -2.04. The second kappa shape index (κ2) is 9.18. The molecule has 0 spiro atoms. The number of nitrogens with one attached hydrogen (secondary N) is 2. The van der Waals surface area contributed by atoms with E-state index >= 15 is 0 Å². The molecule has 0 radical (unpaired) electrons. The minimum Gasteiger partial charge on any atom is -0.482 e. The number of ether oxygens (including phenoxy) is 1. The molecule has 0 aliphatic rings. The fourth-order valence-corrected chi connectivity index (χ4v) is 2.32. The average molecular weight is 333 g/mol. The van der Waals surface area contributed by atoms with Crippen molar-refractivity contribution in [2.45, 2.75) is 6.92 Å². The molecular formula is C18H21ClN2O2. The summed E-state index contributed by atoms with van der Waals surface area (Å²) in [5.41, 5.74) is 2.10. The molecule has 0 heterocycles. The quantitative estimate of drug-likeness (QED) is 0.730. The summed E-state index contributed by atoms with van der Waals surface area (Å²) in [6.07, 6.45) is 0. The van der Waals surface area contributed by atoms with Gasteiger partial charge in [-0.3, -0.25) is 4.79 Å². The van der Waals surface area contributed by atoms with Gasteiger partial charge in [0.25, 0.3) is 5.91 Å². The standard InChI is InChI=1S/C18H21ClN2O2/c1-2-20-10-11-21-18(22)13-23-17-9-8-15(12-16(17)19)14-6-4-3-5-7-14/h3-9,12,20H,2,10-11,13H2,1H3,(H,21,22). The molecule has 4 nitrogen and oxygen atoms in total. The predicted octanol–water partition coefficient (Wildman–Crippen LogP) is 3.11. The topological polar surface area (TPSA) is 50.4 Å². The van der Waals surface area contributed by atoms with E-state index < -0.39 is 0 Å². The molecule has 2 N–H and O–H groups in total. The van der Waals surface area contributed by atoms with Gasteiger partial charge in [-0.2, -0.15) is 0 Å². The van der Waals surface area contributed by atoms with Gasteiger partial charge >= 0.3 is 0 Å². The summed E-state index contributed by atoms with van der Waals surface area (Å²) < 4.78 is 5.48. The van der Waals surface area contributed by atoms with Gasteiger partial charge in [-0.15, -0.1) is 0 Å². The Morgan fingerprint density at radius 2 is 1.87 bits per heavy atom. The second-order valence-corrected chi connectivity index (χ2v) is 5.41. The third-order valence-corrected chi connectivity index (χ3v) is 3.57. The first-order chi connectivity index (χ1) is 11.2. The van der Waals surface area contributed by atoms with Gasteiger partial charge in [0.2, 0.25) is 0 Å². The molecule has 2 aromatic carbocycles. The van der Waals surface area contributed by atoms with E-state index in [1.807, 2.05) is 49.4 Å². The Morgan fingerprint density at radius 1 is 1.09 bits per heavy atom. The number of rotatable bonds is 8. The van der Waals surface area contributed by atoms with Crippen LogP contribution in [-0.2, 0) is 4.79 Å². The molecule has 122 valence electrons. The SMILES string of the molecule is CCNCCNC(=O)COc1ccc(-c2ccccc2)cc1Cl. The molecule has 0 saturated carbocycles. The molecule has 0 bridgehead atoms. The number of halogens is 1. The largest absolute Gasteiger partial charge is 0.482 e. The number of hydrogen-bond acceptors (Lipinski definition) is 3. The molecule has 5 heteroatoms. The van der Waals surface area contributed by atoms with Gasteiger partial charge in [-0.1, -0.05) is 54.9 Å². The van der Waals surface area contributed by atoms with Crippen LogP contribution in [0.5, 0.6) is 5.75 Å². The first-order valence-electron chi connectivity index (χ1n) is 7.66. The highest BCUT2D eigenvalue weighted by atomic mass is 35.5. The number of amides is 1. The fraction of sp³-hybridized carbons (Fsp3) is 0.278. The second-order valence-electron chi connectivity index (χ2n) is 5.00. The van der Waals surface area contributed by atoms with Crippen LogP contribution in [0.25, 0.3) is 11.1 Å². The van der Waals surface area contributed by atoms with Crippen molar-refractivity contribution in [1.82, 2.24) is 10.6 Å². The maximum absolute atomic E-state index is 11.7. The molecule has 1 amide bonds. The van der Waals surface area contributed by atoms with E-state index in [0.717, 1.165) is 24.2 Å². The summed E-state index contributed by atoms with van der Waals surface area (Å²) in [5, 5.41) is 6.40. The van der Waals surface area contributed by atoms with Crippen molar-refractivity contribution in [2.24, 2.45) is 0 Å². The Kier molecular flexibility index (Phi) is 6.91. The number of carbonyl (C=O) groups excluding carboxylic acids is 1. The highest BCUT2D eigenvalue weighted by Crippen LogP contribution is 2.30. The fourth-order valence-electron chi connectivity index (χ4n) is 2.09. The van der Waals surface area contributed by atoms with Gasteiger partial charge in [0.15, 0.2) is 6.61 Å². The van der Waals surface area contributed by atoms with Crippen molar-refractivity contribution in [2.75, 3.05) is 26.2 Å². The highest BCUT2D eigenvalue weighted by molar-refractivity contribution is 6.32. The van der Waals surface area contributed by atoms with Gasteiger partial charge in [-0.05, 0) is 29.8 Å². The van der Waals surface area contributed by atoms with Crippen molar-refractivity contribution in [1.29, 1.82) is 0 Å². The molecular weight excluding hydrogens is 312 g/mol. The smallest absolute Gasteiger partial charge is 0.257 e. The molecule has 0 atom stereocenters. The van der Waals surface area contributed by atoms with Gasteiger partial charge in [0.05, 0.1) is 5.02 Å². The van der Waals surface area contributed by atoms with E-state index in [0.29, 0.717) is 17.3 Å². The van der Waals surface area contributed by atoms with E-state index in [4.69, 9.17) is 16.3 Å². The van der Waals surface area contributed by atoms with Crippen LogP contribution in [0.2, 0.25) is 5.02 Å². The van der Waals surface area contributed by atoms with E-state index in [2.05, 4.69) is 10.6 Å². The lowest BCUT2D eigenvalue weighted by molar-refractivity contribution is -0.123. The van der Waals surface area contributed by atoms with E-state index in [9.17, 15) is 4.79 Å². The van der Waals surface area contributed by atoms with Crippen LogP contribution >= 0.6 is 11.6 Å². The van der Waals surface area contributed by atoms with Crippen LogP contribution in [0.4, 0.5) is 0 Å². The summed E-state index contributed by atoms with van der Waals surface area (Å²) in [7, 11) is 0. The van der Waals surface area contributed by atoms with Crippen LogP contribution in [0.15, 0.2) is 48.5 Å². The zero-order chi connectivity index (χ0) is 16.5. The number of hydrogen-bond donors (Lipinski definition) is 2. The molecule has 2 rings (SSSR count). The molecule has 0 aliphatic heterocycles. The van der Waals surface area contributed by atoms with Crippen molar-refractivity contribution in [3.8, 4) is 16.9 Å². The van der Waals surface area contributed by atoms with Crippen molar-refractivity contribution in [3.05, 3.63) is 53.6 Å². The van der Waals surface area contributed by atoms with Gasteiger partial charge < -0.3 is 15.4 Å². The van der Waals surface area contributed by atoms with E-state index in [1.165, 1.54) is 0 Å². The average Bonchev–Trinajstić information content (AvgIpc) is 2.58. The zero-order valence-electron chi connectivity index (χ0n) is 13.1. The minimum absolute atomic E-state index is 0.0451. The maximum Gasteiger partial charge on any atom is 0.257 e. The molecule has 0 fully saturated rings. The number of carbonyl (C=O) groups is 1. The Morgan fingerprint density at radius 3 is 2.57 bits per heavy atom. The summed E-state index contributed by atoms with van der Waals surface area (Å²) in [4.78, 5) is 11.7. The monoisotopic (exact) mass is 332 g/mol.